The minimum absolute atomic E-state index is 0.0245. The van der Waals surface area contributed by atoms with Crippen LogP contribution in [0.15, 0.2) is 24.3 Å². The van der Waals surface area contributed by atoms with Crippen LogP contribution in [0.5, 0.6) is 0 Å². The van der Waals surface area contributed by atoms with Gasteiger partial charge in [0.2, 0.25) is 11.8 Å². The Labute approximate surface area is 142 Å². The van der Waals surface area contributed by atoms with Gasteiger partial charge in [-0.25, -0.2) is 4.39 Å². The number of carbonyl (C=O) groups is 2. The number of rotatable bonds is 6. The summed E-state index contributed by atoms with van der Waals surface area (Å²) in [5.41, 5.74) is 0.778. The van der Waals surface area contributed by atoms with Gasteiger partial charge in [0.05, 0.1) is 18.9 Å². The second-order valence-electron chi connectivity index (χ2n) is 6.26. The third kappa shape index (κ3) is 5.03. The molecule has 2 atom stereocenters. The lowest BCUT2D eigenvalue weighted by Crippen LogP contribution is -2.50. The number of halogens is 1. The van der Waals surface area contributed by atoms with Gasteiger partial charge in [-0.05, 0) is 37.5 Å². The summed E-state index contributed by atoms with van der Waals surface area (Å²) in [6, 6.07) is 6.07. The summed E-state index contributed by atoms with van der Waals surface area (Å²) in [6.07, 6.45) is 1.81. The fraction of sp³-hybridized carbons (Fsp3) is 0.556. The summed E-state index contributed by atoms with van der Waals surface area (Å²) in [6.45, 7) is 3.38. The molecule has 2 amide bonds. The number of nitrogens with one attached hydrogen (secondary N) is 1. The van der Waals surface area contributed by atoms with Crippen molar-refractivity contribution in [3.63, 3.8) is 0 Å². The number of ether oxygens (including phenoxy) is 1. The van der Waals surface area contributed by atoms with Crippen LogP contribution in [0.1, 0.15) is 25.3 Å². The van der Waals surface area contributed by atoms with Crippen LogP contribution >= 0.6 is 0 Å². The number of amides is 2. The Hall–Kier alpha value is -1.95. The molecular weight excluding hydrogens is 311 g/mol. The zero-order valence-corrected chi connectivity index (χ0v) is 14.3. The predicted molar refractivity (Wildman–Crippen MR) is 88.9 cm³/mol. The van der Waals surface area contributed by atoms with Gasteiger partial charge in [0.15, 0.2) is 0 Å². The van der Waals surface area contributed by atoms with Crippen molar-refractivity contribution in [2.24, 2.45) is 5.92 Å². The molecule has 2 rings (SSSR count). The zero-order valence-electron chi connectivity index (χ0n) is 14.3. The molecule has 1 aliphatic heterocycles. The maximum Gasteiger partial charge on any atom is 0.227 e. The molecule has 0 saturated carbocycles. The average molecular weight is 336 g/mol. The summed E-state index contributed by atoms with van der Waals surface area (Å²) in [5, 5.41) is 2.84. The first-order valence-electron chi connectivity index (χ1n) is 8.31. The smallest absolute Gasteiger partial charge is 0.227 e. The van der Waals surface area contributed by atoms with E-state index in [9.17, 15) is 14.0 Å². The number of carbonyl (C=O) groups excluding carboxylic acids is 2. The Kier molecular flexibility index (Phi) is 6.73. The molecule has 24 heavy (non-hydrogen) atoms. The number of likely N-dealkylation sites (tertiary alicyclic amines) is 1. The predicted octanol–water partition coefficient (Wildman–Crippen LogP) is 1.76. The van der Waals surface area contributed by atoms with Crippen LogP contribution in [-0.4, -0.2) is 49.6 Å². The lowest BCUT2D eigenvalue weighted by atomic mass is 9.92. The zero-order chi connectivity index (χ0) is 17.5. The van der Waals surface area contributed by atoms with Gasteiger partial charge in [-0.2, -0.15) is 0 Å². The monoisotopic (exact) mass is 336 g/mol. The lowest BCUT2D eigenvalue weighted by Gasteiger charge is -2.37. The number of hydrogen-bond donors (Lipinski definition) is 1. The van der Waals surface area contributed by atoms with E-state index in [1.54, 1.807) is 24.1 Å². The number of piperidine rings is 1. The molecule has 0 aliphatic carbocycles. The molecule has 1 heterocycles. The molecule has 1 N–H and O–H groups in total. The highest BCUT2D eigenvalue weighted by atomic mass is 19.1. The van der Waals surface area contributed by atoms with Crippen LogP contribution in [-0.2, 0) is 20.7 Å². The van der Waals surface area contributed by atoms with Crippen molar-refractivity contribution in [3.8, 4) is 0 Å². The van der Waals surface area contributed by atoms with E-state index in [4.69, 9.17) is 4.74 Å². The van der Waals surface area contributed by atoms with E-state index in [1.165, 1.54) is 12.1 Å². The SMILES string of the molecule is COCCNC(=O)[C@@H]1CC[C@H](C)N(C(=O)Cc2ccc(F)cc2)C1. The van der Waals surface area contributed by atoms with Crippen LogP contribution in [0.25, 0.3) is 0 Å². The highest BCUT2D eigenvalue weighted by molar-refractivity contribution is 5.82. The van der Waals surface area contributed by atoms with E-state index in [0.717, 1.165) is 18.4 Å². The molecule has 1 aliphatic rings. The lowest BCUT2D eigenvalue weighted by molar-refractivity contribution is -0.137. The molecule has 0 spiro atoms. The van der Waals surface area contributed by atoms with E-state index in [-0.39, 0.29) is 36.0 Å². The molecule has 6 heteroatoms. The Bertz CT molecular complexity index is 562. The number of nitrogens with zero attached hydrogens (tertiary/aromatic N) is 1. The summed E-state index contributed by atoms with van der Waals surface area (Å²) in [5.74, 6) is -0.553. The largest absolute Gasteiger partial charge is 0.383 e. The Balaban J connectivity index is 1.93. The Morgan fingerprint density at radius 2 is 2.00 bits per heavy atom. The second-order valence-corrected chi connectivity index (χ2v) is 6.26. The second kappa shape index (κ2) is 8.78. The molecule has 0 radical (unpaired) electrons. The molecule has 1 fully saturated rings. The Morgan fingerprint density at radius 3 is 2.67 bits per heavy atom. The van der Waals surface area contributed by atoms with E-state index in [0.29, 0.717) is 19.7 Å². The van der Waals surface area contributed by atoms with Gasteiger partial charge < -0.3 is 15.0 Å². The van der Waals surface area contributed by atoms with Gasteiger partial charge >= 0.3 is 0 Å². The van der Waals surface area contributed by atoms with Crippen LogP contribution in [0.2, 0.25) is 0 Å². The molecule has 1 saturated heterocycles. The maximum absolute atomic E-state index is 13.0. The molecule has 0 aromatic heterocycles. The van der Waals surface area contributed by atoms with Gasteiger partial charge in [0.25, 0.3) is 0 Å². The van der Waals surface area contributed by atoms with E-state index < -0.39 is 0 Å². The van der Waals surface area contributed by atoms with Crippen LogP contribution in [0, 0.1) is 11.7 Å². The third-order valence-electron chi connectivity index (χ3n) is 4.45. The Morgan fingerprint density at radius 1 is 1.29 bits per heavy atom. The fourth-order valence-electron chi connectivity index (χ4n) is 2.97. The van der Waals surface area contributed by atoms with Crippen LogP contribution in [0.3, 0.4) is 0 Å². The summed E-state index contributed by atoms with van der Waals surface area (Å²) < 4.78 is 17.9. The normalized spacial score (nSPS) is 20.7. The summed E-state index contributed by atoms with van der Waals surface area (Å²) in [7, 11) is 1.59. The topological polar surface area (TPSA) is 58.6 Å². The first kappa shape index (κ1) is 18.4. The van der Waals surface area contributed by atoms with Gasteiger partial charge in [0.1, 0.15) is 5.82 Å². The van der Waals surface area contributed by atoms with Crippen molar-refractivity contribution < 1.29 is 18.7 Å². The average Bonchev–Trinajstić information content (AvgIpc) is 2.57. The van der Waals surface area contributed by atoms with Crippen molar-refractivity contribution >= 4 is 11.8 Å². The molecule has 1 aromatic carbocycles. The van der Waals surface area contributed by atoms with Gasteiger partial charge in [0, 0.05) is 26.2 Å². The molecule has 132 valence electrons. The third-order valence-corrected chi connectivity index (χ3v) is 4.45. The van der Waals surface area contributed by atoms with Gasteiger partial charge in [-0.15, -0.1) is 0 Å². The molecule has 1 aromatic rings. The molecular formula is C18H25FN2O3. The summed E-state index contributed by atoms with van der Waals surface area (Å²) in [4.78, 5) is 26.5. The first-order chi connectivity index (χ1) is 11.5. The van der Waals surface area contributed by atoms with Crippen molar-refractivity contribution in [2.45, 2.75) is 32.2 Å². The van der Waals surface area contributed by atoms with E-state index in [1.807, 2.05) is 6.92 Å². The van der Waals surface area contributed by atoms with E-state index >= 15 is 0 Å². The molecule has 0 unspecified atom stereocenters. The van der Waals surface area contributed by atoms with Crippen molar-refractivity contribution in [2.75, 3.05) is 26.8 Å². The standard InChI is InChI=1S/C18H25FN2O3/c1-13-3-6-15(18(23)20-9-10-24-2)12-21(13)17(22)11-14-4-7-16(19)8-5-14/h4-5,7-8,13,15H,3,6,9-12H2,1-2H3,(H,20,23)/t13-,15+/m0/s1. The minimum Gasteiger partial charge on any atom is -0.383 e. The van der Waals surface area contributed by atoms with Crippen molar-refractivity contribution in [1.29, 1.82) is 0 Å². The van der Waals surface area contributed by atoms with Crippen molar-refractivity contribution in [3.05, 3.63) is 35.6 Å². The molecule has 5 nitrogen and oxygen atoms in total. The number of benzene rings is 1. The van der Waals surface area contributed by atoms with Crippen molar-refractivity contribution in [1.82, 2.24) is 10.2 Å². The quantitative estimate of drug-likeness (QED) is 0.806. The highest BCUT2D eigenvalue weighted by Gasteiger charge is 2.32. The van der Waals surface area contributed by atoms with Crippen LogP contribution < -0.4 is 5.32 Å². The summed E-state index contributed by atoms with van der Waals surface area (Å²) >= 11 is 0. The van der Waals surface area contributed by atoms with E-state index in [2.05, 4.69) is 5.32 Å². The highest BCUT2D eigenvalue weighted by Crippen LogP contribution is 2.23. The number of methoxy groups -OCH3 is 1. The fourth-order valence-corrected chi connectivity index (χ4v) is 2.97. The minimum atomic E-state index is -0.315. The van der Waals surface area contributed by atoms with Gasteiger partial charge in [-0.3, -0.25) is 9.59 Å². The molecule has 0 bridgehead atoms. The maximum atomic E-state index is 13.0. The van der Waals surface area contributed by atoms with Crippen LogP contribution in [0.4, 0.5) is 4.39 Å². The van der Waals surface area contributed by atoms with Gasteiger partial charge in [-0.1, -0.05) is 12.1 Å². The first-order valence-corrected chi connectivity index (χ1v) is 8.31. The number of hydrogen-bond acceptors (Lipinski definition) is 3.